The minimum absolute atomic E-state index is 0.375. The second kappa shape index (κ2) is 3.05. The molecule has 3 heteroatoms. The first-order chi connectivity index (χ1) is 5.04. The molecule has 0 spiro atoms. The molecule has 0 bridgehead atoms. The van der Waals surface area contributed by atoms with Crippen LogP contribution in [0, 0.1) is 29.1 Å². The lowest BCUT2D eigenvalue weighted by Crippen LogP contribution is -1.95. The Labute approximate surface area is 77.8 Å². The summed E-state index contributed by atoms with van der Waals surface area (Å²) in [6.07, 6.45) is 0. The molecule has 0 radical (unpaired) electrons. The zero-order valence-electron chi connectivity index (χ0n) is 6.21. The van der Waals surface area contributed by atoms with Crippen molar-refractivity contribution in [1.29, 1.82) is 0 Å². The summed E-state index contributed by atoms with van der Waals surface area (Å²) in [4.78, 5) is 0. The van der Waals surface area contributed by atoms with Crippen molar-refractivity contribution in [3.63, 3.8) is 0 Å². The third-order valence-electron chi connectivity index (χ3n) is 1.67. The van der Waals surface area contributed by atoms with E-state index >= 15 is 0 Å². The van der Waals surface area contributed by atoms with Crippen molar-refractivity contribution < 1.29 is 8.78 Å². The fraction of sp³-hybridized carbons (Fsp3) is 0.250. The first kappa shape index (κ1) is 8.90. The lowest BCUT2D eigenvalue weighted by molar-refractivity contribution is 0.501. The van der Waals surface area contributed by atoms with Crippen LogP contribution in [0.5, 0.6) is 0 Å². The molecular weight excluding hydrogens is 261 g/mol. The highest BCUT2D eigenvalue weighted by molar-refractivity contribution is 14.1. The zero-order chi connectivity index (χ0) is 8.59. The van der Waals surface area contributed by atoms with Gasteiger partial charge in [-0.25, -0.2) is 8.78 Å². The quantitative estimate of drug-likeness (QED) is 0.500. The van der Waals surface area contributed by atoms with E-state index in [-0.39, 0.29) is 0 Å². The Kier molecular flexibility index (Phi) is 2.47. The van der Waals surface area contributed by atoms with Crippen LogP contribution in [0.15, 0.2) is 6.07 Å². The SMILES string of the molecule is Cc1cc(F)c(F)c(I)c1C. The van der Waals surface area contributed by atoms with Gasteiger partial charge in [0, 0.05) is 0 Å². The van der Waals surface area contributed by atoms with Gasteiger partial charge in [-0.2, -0.15) is 0 Å². The predicted octanol–water partition coefficient (Wildman–Crippen LogP) is 3.19. The van der Waals surface area contributed by atoms with Crippen molar-refractivity contribution in [2.24, 2.45) is 0 Å². The largest absolute Gasteiger partial charge is 0.204 e. The summed E-state index contributed by atoms with van der Waals surface area (Å²) < 4.78 is 25.8. The van der Waals surface area contributed by atoms with E-state index in [0.29, 0.717) is 3.57 Å². The minimum Gasteiger partial charge on any atom is -0.204 e. The lowest BCUT2D eigenvalue weighted by atomic mass is 10.1. The van der Waals surface area contributed by atoms with Gasteiger partial charge in [0.25, 0.3) is 0 Å². The number of benzene rings is 1. The van der Waals surface area contributed by atoms with Crippen LogP contribution in [0.1, 0.15) is 11.1 Å². The van der Waals surface area contributed by atoms with E-state index in [1.165, 1.54) is 6.07 Å². The summed E-state index contributed by atoms with van der Waals surface area (Å²) in [6, 6.07) is 1.22. The Morgan fingerprint density at radius 3 is 2.36 bits per heavy atom. The molecule has 0 nitrogen and oxygen atoms in total. The van der Waals surface area contributed by atoms with Crippen LogP contribution in [0.2, 0.25) is 0 Å². The van der Waals surface area contributed by atoms with E-state index in [0.717, 1.165) is 11.1 Å². The maximum Gasteiger partial charge on any atom is 0.172 e. The number of halogens is 3. The Bertz CT molecular complexity index is 268. The maximum atomic E-state index is 12.8. The number of hydrogen-bond acceptors (Lipinski definition) is 0. The van der Waals surface area contributed by atoms with E-state index in [1.54, 1.807) is 36.4 Å². The molecule has 0 aliphatic carbocycles. The summed E-state index contributed by atoms with van der Waals surface area (Å²) in [7, 11) is 0. The van der Waals surface area contributed by atoms with E-state index in [9.17, 15) is 8.78 Å². The monoisotopic (exact) mass is 268 g/mol. The summed E-state index contributed by atoms with van der Waals surface area (Å²) in [5.41, 5.74) is 1.60. The van der Waals surface area contributed by atoms with Crippen molar-refractivity contribution >= 4 is 22.6 Å². The van der Waals surface area contributed by atoms with Gasteiger partial charge in [-0.05, 0) is 53.6 Å². The molecular formula is C8H7F2I. The highest BCUT2D eigenvalue weighted by atomic mass is 127. The summed E-state index contributed by atoms with van der Waals surface area (Å²) in [5.74, 6) is -1.51. The summed E-state index contributed by atoms with van der Waals surface area (Å²) >= 11 is 1.81. The molecule has 1 aromatic rings. The normalized spacial score (nSPS) is 10.3. The van der Waals surface area contributed by atoms with E-state index in [1.807, 2.05) is 0 Å². The first-order valence-electron chi connectivity index (χ1n) is 3.14. The van der Waals surface area contributed by atoms with E-state index in [4.69, 9.17) is 0 Å². The molecule has 1 aromatic carbocycles. The fourth-order valence-corrected chi connectivity index (χ4v) is 1.49. The minimum atomic E-state index is -0.766. The maximum absolute atomic E-state index is 12.8. The first-order valence-corrected chi connectivity index (χ1v) is 4.22. The zero-order valence-corrected chi connectivity index (χ0v) is 8.37. The number of rotatable bonds is 0. The fourth-order valence-electron chi connectivity index (χ4n) is 0.804. The van der Waals surface area contributed by atoms with Crippen LogP contribution in [-0.4, -0.2) is 0 Å². The van der Waals surface area contributed by atoms with Crippen molar-refractivity contribution in [2.75, 3.05) is 0 Å². The van der Waals surface area contributed by atoms with Gasteiger partial charge in [0.1, 0.15) is 0 Å². The molecule has 0 aromatic heterocycles. The van der Waals surface area contributed by atoms with Gasteiger partial charge < -0.3 is 0 Å². The van der Waals surface area contributed by atoms with Crippen LogP contribution >= 0.6 is 22.6 Å². The summed E-state index contributed by atoms with van der Waals surface area (Å²) in [6.45, 7) is 3.54. The molecule has 0 saturated heterocycles. The predicted molar refractivity (Wildman–Crippen MR) is 48.5 cm³/mol. The average Bonchev–Trinajstić information content (AvgIpc) is 1.97. The van der Waals surface area contributed by atoms with Gasteiger partial charge in [-0.15, -0.1) is 0 Å². The molecule has 0 atom stereocenters. The molecule has 1 rings (SSSR count). The second-order valence-electron chi connectivity index (χ2n) is 2.43. The second-order valence-corrected chi connectivity index (χ2v) is 3.51. The van der Waals surface area contributed by atoms with Crippen LogP contribution in [-0.2, 0) is 0 Å². The molecule has 0 aliphatic rings. The molecule has 0 amide bonds. The third kappa shape index (κ3) is 1.52. The van der Waals surface area contributed by atoms with E-state index < -0.39 is 11.6 Å². The molecule has 0 fully saturated rings. The van der Waals surface area contributed by atoms with Crippen LogP contribution in [0.4, 0.5) is 8.78 Å². The molecule has 0 aliphatic heterocycles. The van der Waals surface area contributed by atoms with Crippen molar-refractivity contribution in [3.8, 4) is 0 Å². The van der Waals surface area contributed by atoms with Gasteiger partial charge in [0.15, 0.2) is 11.6 Å². The van der Waals surface area contributed by atoms with Crippen molar-refractivity contribution in [2.45, 2.75) is 13.8 Å². The average molecular weight is 268 g/mol. The van der Waals surface area contributed by atoms with E-state index in [2.05, 4.69) is 0 Å². The van der Waals surface area contributed by atoms with Gasteiger partial charge in [-0.3, -0.25) is 0 Å². The van der Waals surface area contributed by atoms with Crippen molar-refractivity contribution in [1.82, 2.24) is 0 Å². The molecule has 0 heterocycles. The van der Waals surface area contributed by atoms with Gasteiger partial charge >= 0.3 is 0 Å². The smallest absolute Gasteiger partial charge is 0.172 e. The topological polar surface area (TPSA) is 0 Å². The molecule has 0 N–H and O–H groups in total. The Balaban J connectivity index is 3.46. The van der Waals surface area contributed by atoms with Gasteiger partial charge in [0.2, 0.25) is 0 Å². The molecule has 11 heavy (non-hydrogen) atoms. The Morgan fingerprint density at radius 2 is 1.82 bits per heavy atom. The summed E-state index contributed by atoms with van der Waals surface area (Å²) in [5, 5.41) is 0. The van der Waals surface area contributed by atoms with Crippen molar-refractivity contribution in [3.05, 3.63) is 32.4 Å². The molecule has 60 valence electrons. The number of hydrogen-bond donors (Lipinski definition) is 0. The highest BCUT2D eigenvalue weighted by Gasteiger charge is 2.10. The Morgan fingerprint density at radius 1 is 1.27 bits per heavy atom. The van der Waals surface area contributed by atoms with Crippen LogP contribution < -0.4 is 0 Å². The number of aryl methyl sites for hydroxylation is 1. The Hall–Kier alpha value is -0.190. The van der Waals surface area contributed by atoms with Crippen LogP contribution in [0.25, 0.3) is 0 Å². The van der Waals surface area contributed by atoms with Gasteiger partial charge in [-0.1, -0.05) is 0 Å². The molecule has 0 unspecified atom stereocenters. The lowest BCUT2D eigenvalue weighted by Gasteiger charge is -2.04. The van der Waals surface area contributed by atoms with Crippen LogP contribution in [0.3, 0.4) is 0 Å². The van der Waals surface area contributed by atoms with Gasteiger partial charge in [0.05, 0.1) is 3.57 Å². The highest BCUT2D eigenvalue weighted by Crippen LogP contribution is 2.21. The molecule has 0 saturated carbocycles. The standard InChI is InChI=1S/C8H7F2I/c1-4-3-6(9)7(10)8(11)5(4)2/h3H,1-2H3. The third-order valence-corrected chi connectivity index (χ3v) is 2.95.